The van der Waals surface area contributed by atoms with E-state index in [1.807, 2.05) is 66.0 Å². The molecular formula is C24H23N3O2S. The average Bonchev–Trinajstić information content (AvgIpc) is 3.40. The number of thiophene rings is 1. The summed E-state index contributed by atoms with van der Waals surface area (Å²) < 4.78 is 6.10. The lowest BCUT2D eigenvalue weighted by Gasteiger charge is -2.12. The fourth-order valence-corrected chi connectivity index (χ4v) is 3.88. The second-order valence-corrected chi connectivity index (χ2v) is 8.10. The monoisotopic (exact) mass is 417 g/mol. The second-order valence-electron chi connectivity index (χ2n) is 7.15. The summed E-state index contributed by atoms with van der Waals surface area (Å²) in [6, 6.07) is 20.1. The molecule has 3 aromatic rings. The van der Waals surface area contributed by atoms with Crippen molar-refractivity contribution >= 4 is 34.2 Å². The van der Waals surface area contributed by atoms with Gasteiger partial charge in [0, 0.05) is 10.4 Å². The van der Waals surface area contributed by atoms with Gasteiger partial charge in [-0.2, -0.15) is 5.10 Å². The van der Waals surface area contributed by atoms with Crippen LogP contribution in [0.3, 0.4) is 0 Å². The van der Waals surface area contributed by atoms with Gasteiger partial charge >= 0.3 is 0 Å². The Morgan fingerprint density at radius 2 is 1.77 bits per heavy atom. The highest BCUT2D eigenvalue weighted by molar-refractivity contribution is 7.11. The van der Waals surface area contributed by atoms with Gasteiger partial charge in [-0.15, -0.1) is 11.3 Å². The van der Waals surface area contributed by atoms with Crippen LogP contribution in [0.1, 0.15) is 21.6 Å². The molecule has 4 rings (SSSR count). The molecule has 0 atom stereocenters. The van der Waals surface area contributed by atoms with Gasteiger partial charge in [0.25, 0.3) is 5.91 Å². The van der Waals surface area contributed by atoms with Crippen LogP contribution < -0.4 is 10.7 Å². The van der Waals surface area contributed by atoms with Crippen LogP contribution in [0, 0.1) is 13.8 Å². The predicted octanol–water partition coefficient (Wildman–Crippen LogP) is 4.74. The van der Waals surface area contributed by atoms with Crippen LogP contribution in [-0.4, -0.2) is 24.8 Å². The summed E-state index contributed by atoms with van der Waals surface area (Å²) in [5, 5.41) is 9.42. The molecule has 1 amide bonds. The van der Waals surface area contributed by atoms with E-state index in [-0.39, 0.29) is 12.5 Å². The molecule has 0 unspecified atom stereocenters. The van der Waals surface area contributed by atoms with Crippen molar-refractivity contribution in [2.24, 2.45) is 5.10 Å². The minimum absolute atomic E-state index is 0.0981. The number of ether oxygens (including phenoxy) is 1. The summed E-state index contributed by atoms with van der Waals surface area (Å²) >= 11 is 1.53. The zero-order chi connectivity index (χ0) is 20.9. The number of benzene rings is 2. The van der Waals surface area contributed by atoms with E-state index in [1.165, 1.54) is 22.5 Å². The molecule has 2 aromatic carbocycles. The lowest BCUT2D eigenvalue weighted by molar-refractivity contribution is -0.114. The number of nitrogens with one attached hydrogen (secondary N) is 2. The van der Waals surface area contributed by atoms with Crippen LogP contribution in [0.15, 0.2) is 76.9 Å². The van der Waals surface area contributed by atoms with Crippen molar-refractivity contribution in [3.8, 4) is 0 Å². The summed E-state index contributed by atoms with van der Waals surface area (Å²) in [6.07, 6.45) is 0. The molecule has 0 aliphatic carbocycles. The summed E-state index contributed by atoms with van der Waals surface area (Å²) in [6.45, 7) is 4.74. The molecule has 30 heavy (non-hydrogen) atoms. The van der Waals surface area contributed by atoms with Crippen LogP contribution in [0.5, 0.6) is 0 Å². The summed E-state index contributed by atoms with van der Waals surface area (Å²) in [4.78, 5) is 13.2. The van der Waals surface area contributed by atoms with Crippen molar-refractivity contribution in [3.05, 3.63) is 93.4 Å². The number of hydrazone groups is 1. The molecule has 5 nitrogen and oxygen atoms in total. The SMILES string of the molecule is Cc1ccc(NN=C(COC2=C(c3cccs3)C(=O)NC2)c2ccc(C)cc2)cc1. The maximum Gasteiger partial charge on any atom is 0.256 e. The molecule has 152 valence electrons. The van der Waals surface area contributed by atoms with Crippen LogP contribution in [-0.2, 0) is 9.53 Å². The highest BCUT2D eigenvalue weighted by atomic mass is 32.1. The molecule has 1 aliphatic heterocycles. The third-order valence-corrected chi connectivity index (χ3v) is 5.71. The van der Waals surface area contributed by atoms with Crippen molar-refractivity contribution < 1.29 is 9.53 Å². The standard InChI is InChI=1S/C24H23N3O2S/c1-16-5-9-18(10-6-16)20(27-26-19-11-7-17(2)8-12-19)15-29-21-14-25-24(28)23(21)22-4-3-13-30-22/h3-13,26H,14-15H2,1-2H3,(H,25,28). The Hall–Kier alpha value is -3.38. The number of carbonyl (C=O) groups is 1. The average molecular weight is 418 g/mol. The molecule has 0 spiro atoms. The number of anilines is 1. The van der Waals surface area contributed by atoms with Gasteiger partial charge in [0.1, 0.15) is 18.1 Å². The quantitative estimate of drug-likeness (QED) is 0.431. The molecule has 1 aliphatic rings. The first-order valence-corrected chi connectivity index (χ1v) is 10.6. The molecule has 2 heterocycles. The van der Waals surface area contributed by atoms with Gasteiger partial charge in [0.05, 0.1) is 17.8 Å². The van der Waals surface area contributed by atoms with Gasteiger partial charge in [-0.3, -0.25) is 10.2 Å². The number of nitrogens with zero attached hydrogens (tertiary/aromatic N) is 1. The van der Waals surface area contributed by atoms with Crippen LogP contribution in [0.2, 0.25) is 0 Å². The number of amides is 1. The summed E-state index contributed by atoms with van der Waals surface area (Å²) in [7, 11) is 0. The zero-order valence-electron chi connectivity index (χ0n) is 16.9. The largest absolute Gasteiger partial charge is 0.489 e. The molecule has 0 radical (unpaired) electrons. The summed E-state index contributed by atoms with van der Waals surface area (Å²) in [5.41, 5.74) is 8.73. The number of hydrogen-bond donors (Lipinski definition) is 2. The molecule has 0 saturated carbocycles. The Kier molecular flexibility index (Phi) is 5.95. The third kappa shape index (κ3) is 4.60. The van der Waals surface area contributed by atoms with Crippen molar-refractivity contribution in [3.63, 3.8) is 0 Å². The Balaban J connectivity index is 1.58. The fourth-order valence-electron chi connectivity index (χ4n) is 3.10. The first kappa shape index (κ1) is 19.9. The number of aryl methyl sites for hydroxylation is 2. The van der Waals surface area contributed by atoms with E-state index in [0.717, 1.165) is 21.8 Å². The van der Waals surface area contributed by atoms with E-state index in [2.05, 4.69) is 29.7 Å². The van der Waals surface area contributed by atoms with E-state index >= 15 is 0 Å². The Morgan fingerprint density at radius 1 is 1.07 bits per heavy atom. The fraction of sp³-hybridized carbons (Fsp3) is 0.167. The second kappa shape index (κ2) is 8.97. The van der Waals surface area contributed by atoms with Gasteiger partial charge in [0.15, 0.2) is 0 Å². The highest BCUT2D eigenvalue weighted by Gasteiger charge is 2.26. The Morgan fingerprint density at radius 3 is 2.43 bits per heavy atom. The molecule has 0 bridgehead atoms. The number of rotatable bonds is 7. The van der Waals surface area contributed by atoms with Crippen molar-refractivity contribution in [1.29, 1.82) is 0 Å². The van der Waals surface area contributed by atoms with E-state index in [1.54, 1.807) is 0 Å². The lowest BCUT2D eigenvalue weighted by Crippen LogP contribution is -2.18. The highest BCUT2D eigenvalue weighted by Crippen LogP contribution is 2.27. The maximum absolute atomic E-state index is 12.3. The first-order valence-electron chi connectivity index (χ1n) is 9.74. The third-order valence-electron chi connectivity index (χ3n) is 4.82. The number of carbonyl (C=O) groups excluding carboxylic acids is 1. The molecule has 6 heteroatoms. The van der Waals surface area contributed by atoms with Gasteiger partial charge < -0.3 is 10.1 Å². The first-order chi connectivity index (χ1) is 14.6. The van der Waals surface area contributed by atoms with E-state index in [0.29, 0.717) is 17.9 Å². The topological polar surface area (TPSA) is 62.7 Å². The van der Waals surface area contributed by atoms with E-state index < -0.39 is 0 Å². The van der Waals surface area contributed by atoms with Crippen LogP contribution >= 0.6 is 11.3 Å². The number of hydrogen-bond acceptors (Lipinski definition) is 5. The van der Waals surface area contributed by atoms with Crippen molar-refractivity contribution in [1.82, 2.24) is 5.32 Å². The maximum atomic E-state index is 12.3. The van der Waals surface area contributed by atoms with E-state index in [4.69, 9.17) is 4.74 Å². The molecular weight excluding hydrogens is 394 g/mol. The van der Waals surface area contributed by atoms with Crippen molar-refractivity contribution in [2.75, 3.05) is 18.6 Å². The normalized spacial score (nSPS) is 14.1. The minimum Gasteiger partial charge on any atom is -0.489 e. The molecule has 0 fully saturated rings. The smallest absolute Gasteiger partial charge is 0.256 e. The molecule has 2 N–H and O–H groups in total. The molecule has 1 aromatic heterocycles. The van der Waals surface area contributed by atoms with Gasteiger partial charge in [0.2, 0.25) is 0 Å². The predicted molar refractivity (Wildman–Crippen MR) is 123 cm³/mol. The van der Waals surface area contributed by atoms with Crippen LogP contribution in [0.25, 0.3) is 5.57 Å². The summed E-state index contributed by atoms with van der Waals surface area (Å²) in [5.74, 6) is 0.552. The van der Waals surface area contributed by atoms with Gasteiger partial charge in [-0.05, 0) is 37.4 Å². The Bertz CT molecular complexity index is 1080. The van der Waals surface area contributed by atoms with Crippen molar-refractivity contribution in [2.45, 2.75) is 13.8 Å². The molecule has 0 saturated heterocycles. The minimum atomic E-state index is -0.0981. The van der Waals surface area contributed by atoms with E-state index in [9.17, 15) is 4.79 Å². The lowest BCUT2D eigenvalue weighted by atomic mass is 10.1. The van der Waals surface area contributed by atoms with Gasteiger partial charge in [-0.1, -0.05) is 53.6 Å². The van der Waals surface area contributed by atoms with Gasteiger partial charge in [-0.25, -0.2) is 0 Å². The van der Waals surface area contributed by atoms with Crippen LogP contribution in [0.4, 0.5) is 5.69 Å². The Labute approximate surface area is 180 Å². The zero-order valence-corrected chi connectivity index (χ0v) is 17.8.